The Morgan fingerprint density at radius 1 is 1.16 bits per heavy atom. The van der Waals surface area contributed by atoms with Gasteiger partial charge in [0.2, 0.25) is 0 Å². The summed E-state index contributed by atoms with van der Waals surface area (Å²) in [5.74, 6) is -3.85. The second kappa shape index (κ2) is 5.63. The lowest BCUT2D eigenvalue weighted by molar-refractivity contribution is 0.419. The monoisotopic (exact) mass is 342 g/mol. The molecule has 0 N–H and O–H groups in total. The molecule has 0 saturated heterocycles. The lowest BCUT2D eigenvalue weighted by atomic mass is 10.1. The second-order valence-corrected chi connectivity index (χ2v) is 5.39. The molecular formula is C17H9F3N4O. The first-order valence-electron chi connectivity index (χ1n) is 7.33. The molecule has 0 aliphatic carbocycles. The van der Waals surface area contributed by atoms with Gasteiger partial charge in [-0.15, -0.1) is 0 Å². The lowest BCUT2D eigenvalue weighted by Crippen LogP contribution is -2.29. The van der Waals surface area contributed by atoms with E-state index >= 15 is 0 Å². The smallest absolute Gasteiger partial charge is 0.184 e. The molecule has 0 unspecified atom stereocenters. The van der Waals surface area contributed by atoms with Crippen LogP contribution in [0.1, 0.15) is 11.1 Å². The average Bonchev–Trinajstić information content (AvgIpc) is 3.09. The van der Waals surface area contributed by atoms with Crippen LogP contribution in [-0.4, -0.2) is 30.2 Å². The number of rotatable bonds is 2. The fourth-order valence-corrected chi connectivity index (χ4v) is 2.71. The fraction of sp³-hybridized carbons (Fsp3) is 0.118. The number of hydrogen-bond donors (Lipinski definition) is 0. The summed E-state index contributed by atoms with van der Waals surface area (Å²) in [6, 6.07) is 6.49. The molecule has 0 spiro atoms. The molecule has 0 atom stereocenters. The SMILES string of the molecule is N#Cc1c(F)c(F)cc(F)c1Oc1ccc2c(c1)C1=NCCN1C=N2. The highest BCUT2D eigenvalue weighted by molar-refractivity contribution is 6.11. The van der Waals surface area contributed by atoms with Gasteiger partial charge in [0, 0.05) is 18.2 Å². The van der Waals surface area contributed by atoms with E-state index < -0.39 is 28.8 Å². The highest BCUT2D eigenvalue weighted by atomic mass is 19.2. The number of nitrogens with zero attached hydrogens (tertiary/aromatic N) is 4. The molecule has 0 amide bonds. The Kier molecular flexibility index (Phi) is 3.42. The molecule has 2 aromatic carbocycles. The summed E-state index contributed by atoms with van der Waals surface area (Å²) in [4.78, 5) is 10.5. The van der Waals surface area contributed by atoms with Crippen molar-refractivity contribution in [3.05, 3.63) is 52.8 Å². The number of amidine groups is 1. The van der Waals surface area contributed by atoms with Crippen molar-refractivity contribution in [2.75, 3.05) is 13.1 Å². The second-order valence-electron chi connectivity index (χ2n) is 5.39. The number of ether oxygens (including phenoxy) is 1. The molecule has 0 aromatic heterocycles. The van der Waals surface area contributed by atoms with Crippen LogP contribution in [0, 0.1) is 28.8 Å². The van der Waals surface area contributed by atoms with E-state index in [-0.39, 0.29) is 5.75 Å². The molecule has 2 aliphatic heterocycles. The molecule has 8 heteroatoms. The Hall–Kier alpha value is -3.34. The van der Waals surface area contributed by atoms with Gasteiger partial charge in [-0.25, -0.2) is 18.2 Å². The maximum atomic E-state index is 14.0. The maximum absolute atomic E-state index is 14.0. The average molecular weight is 342 g/mol. The van der Waals surface area contributed by atoms with Crippen LogP contribution in [0.3, 0.4) is 0 Å². The number of nitriles is 1. The van der Waals surface area contributed by atoms with Gasteiger partial charge in [-0.05, 0) is 18.2 Å². The predicted molar refractivity (Wildman–Crippen MR) is 83.8 cm³/mol. The highest BCUT2D eigenvalue weighted by Gasteiger charge is 2.25. The van der Waals surface area contributed by atoms with Crippen LogP contribution in [0.4, 0.5) is 18.9 Å². The van der Waals surface area contributed by atoms with Crippen LogP contribution in [0.5, 0.6) is 11.5 Å². The quantitative estimate of drug-likeness (QED) is 0.785. The molecule has 0 radical (unpaired) electrons. The van der Waals surface area contributed by atoms with Crippen LogP contribution in [0.15, 0.2) is 34.3 Å². The van der Waals surface area contributed by atoms with Crippen LogP contribution in [0.2, 0.25) is 0 Å². The van der Waals surface area contributed by atoms with E-state index in [2.05, 4.69) is 9.98 Å². The van der Waals surface area contributed by atoms with Crippen LogP contribution in [-0.2, 0) is 0 Å². The largest absolute Gasteiger partial charge is 0.453 e. The fourth-order valence-electron chi connectivity index (χ4n) is 2.71. The third-order valence-electron chi connectivity index (χ3n) is 3.88. The number of aliphatic imine (C=N–C) groups is 2. The number of fused-ring (bicyclic) bond motifs is 3. The molecule has 2 aromatic rings. The number of halogens is 3. The minimum absolute atomic E-state index is 0.159. The summed E-state index contributed by atoms with van der Waals surface area (Å²) < 4.78 is 46.3. The first kappa shape index (κ1) is 15.2. The van der Waals surface area contributed by atoms with Gasteiger partial charge in [0.15, 0.2) is 23.2 Å². The Morgan fingerprint density at radius 3 is 2.80 bits per heavy atom. The summed E-state index contributed by atoms with van der Waals surface area (Å²) in [5, 5.41) is 8.99. The van der Waals surface area contributed by atoms with Gasteiger partial charge in [0.25, 0.3) is 0 Å². The molecule has 25 heavy (non-hydrogen) atoms. The molecule has 2 aliphatic rings. The predicted octanol–water partition coefficient (Wildman–Crippen LogP) is 3.50. The summed E-state index contributed by atoms with van der Waals surface area (Å²) in [7, 11) is 0. The zero-order valence-electron chi connectivity index (χ0n) is 12.6. The van der Waals surface area contributed by atoms with Crippen molar-refractivity contribution in [1.29, 1.82) is 5.26 Å². The molecule has 0 bridgehead atoms. The Morgan fingerprint density at radius 2 is 2.00 bits per heavy atom. The third kappa shape index (κ3) is 2.41. The molecule has 2 heterocycles. The summed E-state index contributed by atoms with van der Waals surface area (Å²) in [5.41, 5.74) is 0.516. The summed E-state index contributed by atoms with van der Waals surface area (Å²) in [6.07, 6.45) is 1.68. The van der Waals surface area contributed by atoms with Crippen LogP contribution >= 0.6 is 0 Å². The number of benzene rings is 2. The van der Waals surface area contributed by atoms with Gasteiger partial charge >= 0.3 is 0 Å². The molecule has 0 saturated carbocycles. The van der Waals surface area contributed by atoms with Gasteiger partial charge in [-0.1, -0.05) is 0 Å². The van der Waals surface area contributed by atoms with Crippen molar-refractivity contribution >= 4 is 17.9 Å². The topological polar surface area (TPSA) is 61.0 Å². The third-order valence-corrected chi connectivity index (χ3v) is 3.88. The minimum Gasteiger partial charge on any atom is -0.453 e. The van der Waals surface area contributed by atoms with Crippen molar-refractivity contribution in [1.82, 2.24) is 4.90 Å². The van der Waals surface area contributed by atoms with Gasteiger partial charge in [0.1, 0.15) is 23.2 Å². The number of hydrogen-bond acceptors (Lipinski definition) is 5. The van der Waals surface area contributed by atoms with Gasteiger partial charge in [-0.3, -0.25) is 4.99 Å². The first-order valence-corrected chi connectivity index (χ1v) is 7.33. The molecule has 5 nitrogen and oxygen atoms in total. The zero-order chi connectivity index (χ0) is 17.6. The minimum atomic E-state index is -1.45. The molecule has 4 rings (SSSR count). The van der Waals surface area contributed by atoms with Crippen molar-refractivity contribution in [2.24, 2.45) is 9.98 Å². The van der Waals surface area contributed by atoms with Gasteiger partial charge in [0.05, 0.1) is 18.6 Å². The van der Waals surface area contributed by atoms with Gasteiger partial charge < -0.3 is 9.64 Å². The molecule has 0 fully saturated rings. The van der Waals surface area contributed by atoms with E-state index in [1.807, 2.05) is 4.90 Å². The molecule has 124 valence electrons. The summed E-state index contributed by atoms with van der Waals surface area (Å²) in [6.45, 7) is 1.34. The normalized spacial score (nSPS) is 14.6. The van der Waals surface area contributed by atoms with E-state index in [1.54, 1.807) is 18.5 Å². The standard InChI is InChI=1S/C17H9F3N4O/c18-12-6-13(19)16(11(7-21)15(12)20)25-9-1-2-14-10(5-9)17-22-3-4-24(17)8-23-14/h1-2,5-6,8H,3-4H2. The van der Waals surface area contributed by atoms with Gasteiger partial charge in [-0.2, -0.15) is 5.26 Å². The van der Waals surface area contributed by atoms with E-state index in [0.717, 1.165) is 0 Å². The van der Waals surface area contributed by atoms with E-state index in [9.17, 15) is 13.2 Å². The van der Waals surface area contributed by atoms with Crippen molar-refractivity contribution in [3.63, 3.8) is 0 Å². The first-order chi connectivity index (χ1) is 12.1. The van der Waals surface area contributed by atoms with E-state index in [0.29, 0.717) is 36.2 Å². The van der Waals surface area contributed by atoms with Crippen LogP contribution < -0.4 is 4.74 Å². The van der Waals surface area contributed by atoms with Crippen LogP contribution in [0.25, 0.3) is 0 Å². The Labute approximate surface area is 140 Å². The van der Waals surface area contributed by atoms with Crippen molar-refractivity contribution in [3.8, 4) is 17.6 Å². The van der Waals surface area contributed by atoms with Crippen molar-refractivity contribution < 1.29 is 17.9 Å². The maximum Gasteiger partial charge on any atom is 0.184 e. The zero-order valence-corrected chi connectivity index (χ0v) is 12.6. The highest BCUT2D eigenvalue weighted by Crippen LogP contribution is 2.35. The summed E-state index contributed by atoms with van der Waals surface area (Å²) >= 11 is 0. The Bertz CT molecular complexity index is 994. The van der Waals surface area contributed by atoms with E-state index in [4.69, 9.17) is 10.00 Å². The lowest BCUT2D eigenvalue weighted by Gasteiger charge is -2.21. The van der Waals surface area contributed by atoms with E-state index in [1.165, 1.54) is 12.1 Å². The Balaban J connectivity index is 1.77. The van der Waals surface area contributed by atoms with Crippen molar-refractivity contribution in [2.45, 2.75) is 0 Å². The molecular weight excluding hydrogens is 333 g/mol.